The monoisotopic (exact) mass is 2090 g/mol. The average molecular weight is 2100 g/mol. The highest BCUT2D eigenvalue weighted by Gasteiger charge is 2.31. The number of oxime groups is 1. The van der Waals surface area contributed by atoms with Crippen molar-refractivity contribution in [2.45, 2.75) is 110 Å². The molecule has 144 heavy (non-hydrogen) atoms. The molecule has 788 valence electrons. The number of hydrogen-bond acceptors (Lipinski definition) is 27. The minimum absolute atomic E-state index is 0. The van der Waals surface area contributed by atoms with Gasteiger partial charge in [-0.15, -0.1) is 22.6 Å². The van der Waals surface area contributed by atoms with Crippen LogP contribution in [0.2, 0.25) is 0 Å². The van der Waals surface area contributed by atoms with Crippen LogP contribution in [-0.4, -0.2) is 220 Å². The van der Waals surface area contributed by atoms with Gasteiger partial charge in [0.1, 0.15) is 5.84 Å². The lowest BCUT2D eigenvalue weighted by molar-refractivity contribution is -0.134. The first-order chi connectivity index (χ1) is 66.4. The molecule has 0 saturated carbocycles. The van der Waals surface area contributed by atoms with Gasteiger partial charge in [0.15, 0.2) is 5.82 Å². The fraction of sp³-hybridized carbons (Fsp3) is 0.291. The number of halogens is 19. The van der Waals surface area contributed by atoms with E-state index in [-0.39, 0.29) is 92.2 Å². The first-order valence-corrected chi connectivity index (χ1v) is 39.6. The zero-order valence-electron chi connectivity index (χ0n) is 76.0. The van der Waals surface area contributed by atoms with Gasteiger partial charge in [0.05, 0.1) is 97.8 Å². The van der Waals surface area contributed by atoms with Crippen LogP contribution in [0.15, 0.2) is 184 Å². The second-order valence-corrected chi connectivity index (χ2v) is 27.0. The Morgan fingerprint density at radius 3 is 0.764 bits per heavy atom. The standard InChI is InChI=1S/2C13H12F3N3O2.C12H12F3NO3.2C11H10F3NO3.C9H8O4.C8H5NO2.C3H6F3N.3C2H6N2O.ClH/c1-8-18-19-12(21-8)10-4-2-9(3-5-10)11(20)17-7-6-13(14,15)16;1-8-18-12(21-19-8)10-4-2-9(3-5-10)11(20)17-7-6-13(14,15)16;1-19-11(18)9-4-2-8(3-5-9)10(17)16-7-6-12(13,14)15;2*12-11(13,14)5-6-15-9(16)7-1-3-8(4-2-7)10(17)18;1-13-9(12)7-4-2-6(3-5-7)8(10)11;9-5-6-1-3-7(4-2-6)8(10)11;4-3(5,6)1-2-7;2*1-2(5)4-3;1-2(3)4-5;/h2*2-5H,6-7H2,1H3,(H,17,20);2-5H,6-7H2,1H3,(H,16,17);2*1-4H,5-6H2,(H,15,16)(H,17,18);2-5H,1H3,(H,10,11);1-4H,(H,10,11);1-2,7H2;2*3H2,1H3,(H,4,5);5H,1H3,(H2,3,4);1H. The van der Waals surface area contributed by atoms with Crippen LogP contribution in [0, 0.1) is 25.2 Å². The van der Waals surface area contributed by atoms with E-state index in [1.54, 1.807) is 38.1 Å². The number of benzene rings is 7. The molecule has 0 saturated heterocycles. The summed E-state index contributed by atoms with van der Waals surface area (Å²) in [4.78, 5) is 145. The number of aryl methyl sites for hydroxylation is 2. The third-order valence-electron chi connectivity index (χ3n) is 15.5. The van der Waals surface area contributed by atoms with Crippen molar-refractivity contribution in [3.8, 4) is 29.0 Å². The molecule has 0 bridgehead atoms. The van der Waals surface area contributed by atoms with Crippen molar-refractivity contribution < 1.29 is 185 Å². The Balaban J connectivity index is -0.00000156. The first kappa shape index (κ1) is 132. The molecule has 0 aliphatic heterocycles. The zero-order valence-corrected chi connectivity index (χ0v) is 76.8. The molecular formula is C86H94ClF18N17O22. The van der Waals surface area contributed by atoms with Gasteiger partial charge in [0.25, 0.3) is 35.4 Å². The Bertz CT molecular complexity index is 5340. The number of nitrogens with zero attached hydrogens (tertiary/aromatic N) is 6. The van der Waals surface area contributed by atoms with Crippen LogP contribution in [0.3, 0.4) is 0 Å². The number of amidine groups is 1. The van der Waals surface area contributed by atoms with Gasteiger partial charge in [0.2, 0.25) is 23.6 Å². The summed E-state index contributed by atoms with van der Waals surface area (Å²) >= 11 is 0. The summed E-state index contributed by atoms with van der Waals surface area (Å²) in [7, 11) is 2.49. The lowest BCUT2D eigenvalue weighted by Crippen LogP contribution is -2.27. The van der Waals surface area contributed by atoms with Crippen LogP contribution in [0.5, 0.6) is 0 Å². The number of alkyl halides is 18. The number of aromatic nitrogens is 4. The lowest BCUT2D eigenvalue weighted by Gasteiger charge is -2.08. The minimum Gasteiger partial charge on any atom is -0.478 e. The van der Waals surface area contributed by atoms with E-state index < -0.39 is 174 Å². The van der Waals surface area contributed by atoms with Crippen molar-refractivity contribution in [2.24, 2.45) is 28.3 Å². The van der Waals surface area contributed by atoms with E-state index in [0.717, 1.165) is 0 Å². The number of carbonyl (C=O) groups excluding carboxylic acids is 9. The van der Waals surface area contributed by atoms with Crippen molar-refractivity contribution >= 4 is 95.4 Å². The van der Waals surface area contributed by atoms with Crippen LogP contribution < -0.4 is 60.6 Å². The highest BCUT2D eigenvalue weighted by molar-refractivity contribution is 5.99. The number of hydrogen-bond donors (Lipinski definition) is 16. The maximum Gasteiger partial charge on any atom is 0.390 e. The fourth-order valence-corrected chi connectivity index (χ4v) is 8.58. The van der Waals surface area contributed by atoms with Gasteiger partial charge in [-0.1, -0.05) is 10.3 Å². The van der Waals surface area contributed by atoms with Crippen LogP contribution >= 0.6 is 12.4 Å². The number of rotatable bonds is 24. The molecule has 0 atom stereocenters. The van der Waals surface area contributed by atoms with E-state index >= 15 is 0 Å². The minimum atomic E-state index is -4.32. The van der Waals surface area contributed by atoms with Crippen LogP contribution in [0.1, 0.15) is 191 Å². The van der Waals surface area contributed by atoms with Gasteiger partial charge in [-0.3, -0.25) is 44.4 Å². The molecule has 2 aromatic heterocycles. The molecule has 58 heteroatoms. The lowest BCUT2D eigenvalue weighted by atomic mass is 10.1. The Morgan fingerprint density at radius 2 is 0.597 bits per heavy atom. The molecule has 0 radical (unpaired) electrons. The quantitative estimate of drug-likeness (QED) is 0.00390. The van der Waals surface area contributed by atoms with Crippen molar-refractivity contribution in [3.63, 3.8) is 0 Å². The number of hydrazine groups is 2. The van der Waals surface area contributed by atoms with Gasteiger partial charge < -0.3 is 82.1 Å². The summed E-state index contributed by atoms with van der Waals surface area (Å²) in [5, 5.41) is 74.7. The fourth-order valence-electron chi connectivity index (χ4n) is 8.58. The largest absolute Gasteiger partial charge is 0.478 e. The number of nitrogens with two attached hydrogens (primary N) is 4. The van der Waals surface area contributed by atoms with E-state index in [4.69, 9.17) is 45.6 Å². The average Bonchev–Trinajstić information content (AvgIpc) is 1.72. The molecule has 0 aliphatic rings. The molecule has 0 aliphatic carbocycles. The molecule has 0 fully saturated rings. The second kappa shape index (κ2) is 67.0. The van der Waals surface area contributed by atoms with Crippen molar-refractivity contribution in [3.05, 3.63) is 248 Å². The van der Waals surface area contributed by atoms with Gasteiger partial charge in [-0.2, -0.15) is 89.3 Å². The molecule has 7 aromatic carbocycles. The number of ether oxygens (including phenoxy) is 2. The van der Waals surface area contributed by atoms with Gasteiger partial charge in [-0.05, 0) is 184 Å². The number of nitrogens with one attached hydrogen (secondary N) is 7. The number of amides is 7. The summed E-state index contributed by atoms with van der Waals surface area (Å²) < 4.78 is 231. The van der Waals surface area contributed by atoms with Crippen LogP contribution in [-0.2, 0) is 19.1 Å². The van der Waals surface area contributed by atoms with Crippen molar-refractivity contribution in [1.82, 2.24) is 57.8 Å². The maximum atomic E-state index is 12.0. The predicted octanol–water partition coefficient (Wildman–Crippen LogP) is 13.2. The van der Waals surface area contributed by atoms with E-state index in [9.17, 15) is 141 Å². The Morgan fingerprint density at radius 1 is 0.382 bits per heavy atom. The molecule has 7 amide bonds. The molecule has 20 N–H and O–H groups in total. The summed E-state index contributed by atoms with van der Waals surface area (Å²) in [5.41, 5.74) is 16.8. The van der Waals surface area contributed by atoms with Gasteiger partial charge in [-0.25, -0.2) is 40.5 Å². The molecule has 39 nitrogen and oxygen atoms in total. The maximum absolute atomic E-state index is 12.0. The number of methoxy groups -OCH3 is 2. The number of carboxylic acid groups (broad SMARTS) is 4. The normalized spacial score (nSPS) is 10.5. The van der Waals surface area contributed by atoms with E-state index in [1.165, 1.54) is 181 Å². The molecule has 9 rings (SSSR count). The smallest absolute Gasteiger partial charge is 0.390 e. The van der Waals surface area contributed by atoms with Crippen LogP contribution in [0.4, 0.5) is 79.0 Å². The van der Waals surface area contributed by atoms with Gasteiger partial charge >= 0.3 is 72.9 Å². The van der Waals surface area contributed by atoms with Gasteiger partial charge in [0, 0.05) is 99.0 Å². The third kappa shape index (κ3) is 64.0. The summed E-state index contributed by atoms with van der Waals surface area (Å²) in [6.07, 6.45) is -31.9. The first-order valence-electron chi connectivity index (χ1n) is 39.6. The van der Waals surface area contributed by atoms with Crippen LogP contribution in [0.25, 0.3) is 22.9 Å². The summed E-state index contributed by atoms with van der Waals surface area (Å²) in [6, 6.07) is 40.7. The second-order valence-electron chi connectivity index (χ2n) is 27.0. The number of aromatic carboxylic acids is 4. The van der Waals surface area contributed by atoms with E-state index in [0.29, 0.717) is 45.8 Å². The van der Waals surface area contributed by atoms with Crippen molar-refractivity contribution in [2.75, 3.05) is 53.5 Å². The molecule has 2 heterocycles. The zero-order chi connectivity index (χ0) is 110. The third-order valence-corrected chi connectivity index (χ3v) is 15.5. The molecular weight excluding hydrogens is 2000 g/mol. The van der Waals surface area contributed by atoms with E-state index in [1.807, 2.05) is 16.9 Å². The predicted molar refractivity (Wildman–Crippen MR) is 473 cm³/mol. The highest BCUT2D eigenvalue weighted by Crippen LogP contribution is 2.25. The topological polar surface area (TPSA) is 644 Å². The van der Waals surface area contributed by atoms with E-state index in [2.05, 4.69) is 79.0 Å². The molecule has 9 aromatic rings. The summed E-state index contributed by atoms with van der Waals surface area (Å²) in [5.74, 6) is 2.04. The molecule has 0 spiro atoms. The SMILES string of the molecule is C/C(N)=N/O.CC(=O)NN.CC(=O)NN.COC(=O)c1ccc(C(=O)NCCC(F)(F)F)cc1.COC(=O)c1ccc(C(=O)O)cc1.Cc1nnc(-c2ccc(C(=O)NCCC(F)(F)F)cc2)o1.Cc1noc(-c2ccc(C(=O)NCCC(F)(F)F)cc2)n1.Cl.N#Cc1ccc(C(=O)O)cc1.NCCC(F)(F)F.O=C(O)c1ccc(C(=O)NCCC(F)(F)F)cc1.O=C(O)c1ccc(C(=O)NCCC(F)(F)F)cc1. The summed E-state index contributed by atoms with van der Waals surface area (Å²) in [6.45, 7) is 4.80. The Kier molecular flexibility index (Phi) is 61.3. The Hall–Kier alpha value is -16.4. The number of nitriles is 1. The number of carboxylic acids is 4. The molecule has 0 unspecified atom stereocenters. The number of carbonyl (C=O) groups is 13. The van der Waals surface area contributed by atoms with Crippen molar-refractivity contribution in [1.29, 1.82) is 5.26 Å². The number of esters is 2. The Labute approximate surface area is 810 Å². The highest BCUT2D eigenvalue weighted by atomic mass is 35.5.